The summed E-state index contributed by atoms with van der Waals surface area (Å²) in [4.78, 5) is 13.4. The van der Waals surface area contributed by atoms with Crippen LogP contribution in [-0.2, 0) is 17.8 Å². The summed E-state index contributed by atoms with van der Waals surface area (Å²) in [6, 6.07) is 1.97. The highest BCUT2D eigenvalue weighted by molar-refractivity contribution is 9.10. The standard InChI is InChI=1S/C13H13BrN4O/c1-15-13-10-7-19-3-2-11(10)17-12(18-13)8-4-9(14)6-16-5-8/h4-6H,2-3,7H2,1H3,(H,15,17,18). The van der Waals surface area contributed by atoms with Gasteiger partial charge in [-0.25, -0.2) is 9.97 Å². The van der Waals surface area contributed by atoms with E-state index in [1.165, 1.54) is 0 Å². The summed E-state index contributed by atoms with van der Waals surface area (Å²) < 4.78 is 6.38. The fourth-order valence-electron chi connectivity index (χ4n) is 2.10. The first-order valence-corrected chi connectivity index (χ1v) is 6.83. The number of anilines is 1. The van der Waals surface area contributed by atoms with E-state index in [0.717, 1.165) is 33.5 Å². The molecule has 98 valence electrons. The van der Waals surface area contributed by atoms with Crippen molar-refractivity contribution in [1.29, 1.82) is 0 Å². The van der Waals surface area contributed by atoms with E-state index in [-0.39, 0.29) is 0 Å². The van der Waals surface area contributed by atoms with Crippen LogP contribution in [0, 0.1) is 0 Å². The van der Waals surface area contributed by atoms with E-state index in [9.17, 15) is 0 Å². The topological polar surface area (TPSA) is 59.9 Å². The second-order valence-electron chi connectivity index (χ2n) is 4.27. The summed E-state index contributed by atoms with van der Waals surface area (Å²) in [5.74, 6) is 1.53. The molecular formula is C13H13BrN4O. The number of ether oxygens (including phenoxy) is 1. The largest absolute Gasteiger partial charge is 0.376 e. The molecule has 0 atom stereocenters. The van der Waals surface area contributed by atoms with Gasteiger partial charge in [-0.15, -0.1) is 0 Å². The van der Waals surface area contributed by atoms with Gasteiger partial charge < -0.3 is 10.1 Å². The summed E-state index contributed by atoms with van der Waals surface area (Å²) in [7, 11) is 1.86. The van der Waals surface area contributed by atoms with Gasteiger partial charge in [0.05, 0.1) is 18.9 Å². The van der Waals surface area contributed by atoms with Crippen molar-refractivity contribution in [2.75, 3.05) is 19.0 Å². The van der Waals surface area contributed by atoms with Crippen LogP contribution >= 0.6 is 15.9 Å². The van der Waals surface area contributed by atoms with Crippen LogP contribution in [0.15, 0.2) is 22.9 Å². The van der Waals surface area contributed by atoms with Gasteiger partial charge in [0.1, 0.15) is 5.82 Å². The molecule has 0 spiro atoms. The Labute approximate surface area is 119 Å². The third kappa shape index (κ3) is 2.46. The van der Waals surface area contributed by atoms with E-state index in [1.807, 2.05) is 13.1 Å². The lowest BCUT2D eigenvalue weighted by molar-refractivity contribution is 0.109. The lowest BCUT2D eigenvalue weighted by atomic mass is 10.1. The zero-order valence-corrected chi connectivity index (χ0v) is 12.1. The van der Waals surface area contributed by atoms with Crippen molar-refractivity contribution in [3.05, 3.63) is 34.2 Å². The number of halogens is 1. The van der Waals surface area contributed by atoms with Crippen LogP contribution in [-0.4, -0.2) is 28.6 Å². The van der Waals surface area contributed by atoms with E-state index in [1.54, 1.807) is 12.4 Å². The van der Waals surface area contributed by atoms with Crippen molar-refractivity contribution in [1.82, 2.24) is 15.0 Å². The van der Waals surface area contributed by atoms with E-state index < -0.39 is 0 Å². The normalized spacial score (nSPS) is 14.0. The van der Waals surface area contributed by atoms with Crippen LogP contribution in [0.4, 0.5) is 5.82 Å². The molecule has 1 aliphatic rings. The van der Waals surface area contributed by atoms with E-state index in [0.29, 0.717) is 19.0 Å². The molecule has 2 aromatic heterocycles. The number of hydrogen-bond donors (Lipinski definition) is 1. The van der Waals surface area contributed by atoms with Crippen LogP contribution in [0.2, 0.25) is 0 Å². The molecule has 19 heavy (non-hydrogen) atoms. The van der Waals surface area contributed by atoms with Crippen molar-refractivity contribution >= 4 is 21.7 Å². The molecular weight excluding hydrogens is 308 g/mol. The summed E-state index contributed by atoms with van der Waals surface area (Å²) in [6.45, 7) is 1.28. The Kier molecular flexibility index (Phi) is 3.44. The van der Waals surface area contributed by atoms with Crippen molar-refractivity contribution in [3.8, 4) is 11.4 Å². The number of fused-ring (bicyclic) bond motifs is 1. The van der Waals surface area contributed by atoms with Gasteiger partial charge in [0.15, 0.2) is 5.82 Å². The average molecular weight is 321 g/mol. The Morgan fingerprint density at radius 2 is 2.21 bits per heavy atom. The lowest BCUT2D eigenvalue weighted by Crippen LogP contribution is -2.16. The van der Waals surface area contributed by atoms with Crippen molar-refractivity contribution in [3.63, 3.8) is 0 Å². The third-order valence-corrected chi connectivity index (χ3v) is 3.46. The van der Waals surface area contributed by atoms with Crippen LogP contribution < -0.4 is 5.32 Å². The minimum absolute atomic E-state index is 0.572. The van der Waals surface area contributed by atoms with E-state index >= 15 is 0 Å². The van der Waals surface area contributed by atoms with E-state index in [4.69, 9.17) is 4.74 Å². The fourth-order valence-corrected chi connectivity index (χ4v) is 2.47. The van der Waals surface area contributed by atoms with Gasteiger partial charge in [-0.05, 0) is 22.0 Å². The van der Waals surface area contributed by atoms with Crippen molar-refractivity contribution < 1.29 is 4.74 Å². The maximum atomic E-state index is 5.46. The molecule has 1 aliphatic heterocycles. The Balaban J connectivity index is 2.12. The minimum atomic E-state index is 0.572. The first-order valence-electron chi connectivity index (χ1n) is 6.04. The van der Waals surface area contributed by atoms with Crippen LogP contribution in [0.1, 0.15) is 11.3 Å². The second-order valence-corrected chi connectivity index (χ2v) is 5.18. The summed E-state index contributed by atoms with van der Waals surface area (Å²) in [6.07, 6.45) is 4.33. The molecule has 0 amide bonds. The maximum absolute atomic E-state index is 5.46. The maximum Gasteiger partial charge on any atom is 0.163 e. The molecule has 1 N–H and O–H groups in total. The van der Waals surface area contributed by atoms with E-state index in [2.05, 4.69) is 36.2 Å². The van der Waals surface area contributed by atoms with Gasteiger partial charge in [0.2, 0.25) is 0 Å². The number of hydrogen-bond acceptors (Lipinski definition) is 5. The van der Waals surface area contributed by atoms with Gasteiger partial charge in [0, 0.05) is 41.5 Å². The van der Waals surface area contributed by atoms with Crippen LogP contribution in [0.5, 0.6) is 0 Å². The third-order valence-electron chi connectivity index (χ3n) is 3.02. The molecule has 0 saturated carbocycles. The van der Waals surface area contributed by atoms with Crippen molar-refractivity contribution in [2.45, 2.75) is 13.0 Å². The number of aromatic nitrogens is 3. The number of pyridine rings is 1. The summed E-state index contributed by atoms with van der Waals surface area (Å²) in [5.41, 5.74) is 3.01. The summed E-state index contributed by atoms with van der Waals surface area (Å²) >= 11 is 3.42. The SMILES string of the molecule is CNc1nc(-c2cncc(Br)c2)nc2c1COCC2. The van der Waals surface area contributed by atoms with Gasteiger partial charge in [-0.1, -0.05) is 0 Å². The Bertz CT molecular complexity index is 600. The van der Waals surface area contributed by atoms with Crippen LogP contribution in [0.3, 0.4) is 0 Å². The molecule has 0 radical (unpaired) electrons. The van der Waals surface area contributed by atoms with Gasteiger partial charge >= 0.3 is 0 Å². The molecule has 3 heterocycles. The number of nitrogens with one attached hydrogen (secondary N) is 1. The molecule has 2 aromatic rings. The molecule has 6 heteroatoms. The predicted molar refractivity (Wildman–Crippen MR) is 75.9 cm³/mol. The van der Waals surface area contributed by atoms with Crippen LogP contribution in [0.25, 0.3) is 11.4 Å². The Morgan fingerprint density at radius 1 is 1.32 bits per heavy atom. The molecule has 0 bridgehead atoms. The zero-order chi connectivity index (χ0) is 13.2. The fraction of sp³-hybridized carbons (Fsp3) is 0.308. The first-order chi connectivity index (χ1) is 9.28. The summed E-state index contributed by atoms with van der Waals surface area (Å²) in [5, 5.41) is 3.12. The predicted octanol–water partition coefficient (Wildman–Crippen LogP) is 2.42. The quantitative estimate of drug-likeness (QED) is 0.920. The number of nitrogens with zero attached hydrogens (tertiary/aromatic N) is 3. The highest BCUT2D eigenvalue weighted by atomic mass is 79.9. The minimum Gasteiger partial charge on any atom is -0.376 e. The molecule has 3 rings (SSSR count). The van der Waals surface area contributed by atoms with Gasteiger partial charge in [-0.3, -0.25) is 4.98 Å². The lowest BCUT2D eigenvalue weighted by Gasteiger charge is -2.19. The highest BCUT2D eigenvalue weighted by Gasteiger charge is 2.18. The van der Waals surface area contributed by atoms with Gasteiger partial charge in [0.25, 0.3) is 0 Å². The molecule has 0 aromatic carbocycles. The number of rotatable bonds is 2. The monoisotopic (exact) mass is 320 g/mol. The van der Waals surface area contributed by atoms with Crippen molar-refractivity contribution in [2.24, 2.45) is 0 Å². The first kappa shape index (κ1) is 12.5. The molecule has 0 saturated heterocycles. The zero-order valence-electron chi connectivity index (χ0n) is 10.5. The smallest absolute Gasteiger partial charge is 0.163 e. The Hall–Kier alpha value is -1.53. The molecule has 0 aliphatic carbocycles. The molecule has 0 unspecified atom stereocenters. The molecule has 5 nitrogen and oxygen atoms in total. The highest BCUT2D eigenvalue weighted by Crippen LogP contribution is 2.26. The average Bonchev–Trinajstić information content (AvgIpc) is 2.46. The second kappa shape index (κ2) is 5.22. The Morgan fingerprint density at radius 3 is 3.00 bits per heavy atom. The van der Waals surface area contributed by atoms with Gasteiger partial charge in [-0.2, -0.15) is 0 Å². The molecule has 0 fully saturated rings.